The molecule has 0 saturated carbocycles. The average Bonchev–Trinajstić information content (AvgIpc) is 2.87. The molecule has 0 saturated heterocycles. The average molecular weight is 537 g/mol. The van der Waals surface area contributed by atoms with Crippen molar-refractivity contribution in [1.82, 2.24) is 0 Å². The summed E-state index contributed by atoms with van der Waals surface area (Å²) in [7, 11) is 0. The second-order valence-electron chi connectivity index (χ2n) is 10.3. The number of benzene rings is 3. The molecule has 0 radical (unpaired) electrons. The van der Waals surface area contributed by atoms with Crippen molar-refractivity contribution < 1.29 is 22.7 Å². The van der Waals surface area contributed by atoms with E-state index in [9.17, 15) is 0 Å². The first-order chi connectivity index (χ1) is 16.8. The summed E-state index contributed by atoms with van der Waals surface area (Å²) in [5, 5.41) is 0. The number of hydrogen-bond acceptors (Lipinski definition) is 0. The van der Waals surface area contributed by atoms with Crippen LogP contribution < -0.4 is 22.7 Å². The SMILES string of the molecule is [Br-].[NH3+]CCCCCCCCCCCC(Cc1ccccc1)(Cc1ccccc1)Cc1ccccc1. The van der Waals surface area contributed by atoms with Gasteiger partial charge in [0.2, 0.25) is 0 Å². The van der Waals surface area contributed by atoms with Gasteiger partial charge >= 0.3 is 0 Å². The highest BCUT2D eigenvalue weighted by Crippen LogP contribution is 2.37. The van der Waals surface area contributed by atoms with Crippen molar-refractivity contribution in [2.75, 3.05) is 6.54 Å². The van der Waals surface area contributed by atoms with Crippen LogP contribution in [-0.2, 0) is 19.3 Å². The van der Waals surface area contributed by atoms with Gasteiger partial charge < -0.3 is 22.7 Å². The van der Waals surface area contributed by atoms with Crippen LogP contribution in [0.3, 0.4) is 0 Å². The van der Waals surface area contributed by atoms with Crippen LogP contribution >= 0.6 is 0 Å². The van der Waals surface area contributed by atoms with Gasteiger partial charge in [-0.15, -0.1) is 0 Å². The molecule has 3 aromatic carbocycles. The lowest BCUT2D eigenvalue weighted by atomic mass is 9.69. The minimum atomic E-state index is 0. The van der Waals surface area contributed by atoms with E-state index in [-0.39, 0.29) is 22.4 Å². The van der Waals surface area contributed by atoms with Crippen molar-refractivity contribution in [2.24, 2.45) is 5.41 Å². The first-order valence-electron chi connectivity index (χ1n) is 13.7. The van der Waals surface area contributed by atoms with Crippen LogP contribution in [0.1, 0.15) is 80.9 Å². The molecule has 0 heterocycles. The molecule has 190 valence electrons. The molecule has 0 fully saturated rings. The highest BCUT2D eigenvalue weighted by molar-refractivity contribution is 5.24. The van der Waals surface area contributed by atoms with Gasteiger partial charge in [0.25, 0.3) is 0 Å². The Morgan fingerprint density at radius 3 is 1.09 bits per heavy atom. The first kappa shape index (κ1) is 29.3. The summed E-state index contributed by atoms with van der Waals surface area (Å²) >= 11 is 0. The lowest BCUT2D eigenvalue weighted by Crippen LogP contribution is -3.00. The van der Waals surface area contributed by atoms with E-state index in [0.717, 1.165) is 25.8 Å². The van der Waals surface area contributed by atoms with Crippen molar-refractivity contribution in [2.45, 2.75) is 83.5 Å². The fourth-order valence-corrected chi connectivity index (χ4v) is 5.45. The molecule has 3 N–H and O–H groups in total. The fourth-order valence-electron chi connectivity index (χ4n) is 5.45. The van der Waals surface area contributed by atoms with Crippen molar-refractivity contribution in [1.29, 1.82) is 0 Å². The van der Waals surface area contributed by atoms with Crippen molar-refractivity contribution in [3.63, 3.8) is 0 Å². The van der Waals surface area contributed by atoms with Crippen LogP contribution in [-0.4, -0.2) is 6.54 Å². The molecule has 0 unspecified atom stereocenters. The van der Waals surface area contributed by atoms with E-state index in [1.807, 2.05) is 0 Å². The maximum Gasteiger partial charge on any atom is 0.0739 e. The summed E-state index contributed by atoms with van der Waals surface area (Å²) in [5.41, 5.74) is 8.61. The molecular weight excluding hydrogens is 490 g/mol. The smallest absolute Gasteiger partial charge is 0.0739 e. The second-order valence-corrected chi connectivity index (χ2v) is 10.3. The highest BCUT2D eigenvalue weighted by Gasteiger charge is 2.30. The standard InChI is InChI=1S/C33H45N.BrH/c34-26-18-7-5-3-1-2-4-6-17-25-33(27-30-19-11-8-12-20-30,28-31-21-13-9-14-22-31)29-32-23-15-10-16-24-32;/h8-16,19-24H,1-7,17-18,25-29,34H2;1H. The number of quaternary nitrogens is 1. The molecule has 0 aliphatic carbocycles. The third-order valence-corrected chi connectivity index (χ3v) is 7.22. The highest BCUT2D eigenvalue weighted by atomic mass is 79.9. The molecule has 0 amide bonds. The molecule has 0 spiro atoms. The zero-order valence-electron chi connectivity index (χ0n) is 21.6. The largest absolute Gasteiger partial charge is 1.00 e. The Balaban J connectivity index is 0.00000432. The Morgan fingerprint density at radius 1 is 0.429 bits per heavy atom. The van der Waals surface area contributed by atoms with E-state index in [4.69, 9.17) is 0 Å². The van der Waals surface area contributed by atoms with E-state index in [1.54, 1.807) is 0 Å². The third-order valence-electron chi connectivity index (χ3n) is 7.22. The van der Waals surface area contributed by atoms with Gasteiger partial charge in [-0.05, 0) is 60.6 Å². The third kappa shape index (κ3) is 11.6. The minimum absolute atomic E-state index is 0. The Kier molecular flexibility index (Phi) is 14.7. The fraction of sp³-hybridized carbons (Fsp3) is 0.455. The molecule has 2 heteroatoms. The van der Waals surface area contributed by atoms with Crippen molar-refractivity contribution >= 4 is 0 Å². The minimum Gasteiger partial charge on any atom is -1.00 e. The number of hydrogen-bond donors (Lipinski definition) is 1. The number of unbranched alkanes of at least 4 members (excludes halogenated alkanes) is 8. The van der Waals surface area contributed by atoms with Crippen LogP contribution in [0, 0.1) is 5.41 Å². The Morgan fingerprint density at radius 2 is 0.743 bits per heavy atom. The van der Waals surface area contributed by atoms with Crippen LogP contribution in [0.4, 0.5) is 0 Å². The zero-order chi connectivity index (χ0) is 23.7. The number of rotatable bonds is 17. The summed E-state index contributed by atoms with van der Waals surface area (Å²) in [4.78, 5) is 0. The van der Waals surface area contributed by atoms with Gasteiger partial charge in [0.05, 0.1) is 6.54 Å². The van der Waals surface area contributed by atoms with E-state index < -0.39 is 0 Å². The lowest BCUT2D eigenvalue weighted by molar-refractivity contribution is -0.368. The van der Waals surface area contributed by atoms with Gasteiger partial charge in [0.15, 0.2) is 0 Å². The molecular formula is C33H46BrN. The summed E-state index contributed by atoms with van der Waals surface area (Å²) in [5.74, 6) is 0. The molecule has 0 bridgehead atoms. The Labute approximate surface area is 225 Å². The van der Waals surface area contributed by atoms with Crippen LogP contribution in [0.5, 0.6) is 0 Å². The molecule has 0 aliphatic rings. The predicted octanol–water partition coefficient (Wildman–Crippen LogP) is 4.85. The Bertz CT molecular complexity index is 777. The Hall–Kier alpha value is -1.90. The predicted molar refractivity (Wildman–Crippen MR) is 147 cm³/mol. The molecule has 3 rings (SSSR count). The molecule has 0 aromatic heterocycles. The van der Waals surface area contributed by atoms with Crippen molar-refractivity contribution in [3.8, 4) is 0 Å². The quantitative estimate of drug-likeness (QED) is 0.239. The molecule has 35 heavy (non-hydrogen) atoms. The van der Waals surface area contributed by atoms with E-state index in [0.29, 0.717) is 0 Å². The van der Waals surface area contributed by atoms with E-state index >= 15 is 0 Å². The van der Waals surface area contributed by atoms with Crippen LogP contribution in [0.2, 0.25) is 0 Å². The van der Waals surface area contributed by atoms with Gasteiger partial charge in [0, 0.05) is 0 Å². The molecule has 1 nitrogen and oxygen atoms in total. The normalized spacial score (nSPS) is 11.2. The van der Waals surface area contributed by atoms with Gasteiger partial charge in [0.1, 0.15) is 0 Å². The van der Waals surface area contributed by atoms with Gasteiger partial charge in [-0.2, -0.15) is 0 Å². The first-order valence-corrected chi connectivity index (χ1v) is 13.7. The van der Waals surface area contributed by atoms with Crippen LogP contribution in [0.15, 0.2) is 91.0 Å². The number of halogens is 1. The molecule has 0 aliphatic heterocycles. The van der Waals surface area contributed by atoms with Gasteiger partial charge in [-0.25, -0.2) is 0 Å². The maximum absolute atomic E-state index is 3.95. The maximum atomic E-state index is 3.95. The van der Waals surface area contributed by atoms with Crippen molar-refractivity contribution in [3.05, 3.63) is 108 Å². The summed E-state index contributed by atoms with van der Waals surface area (Å²) in [6.07, 6.45) is 17.0. The summed E-state index contributed by atoms with van der Waals surface area (Å²) in [6.45, 7) is 1.09. The molecule has 3 aromatic rings. The molecule has 0 atom stereocenters. The lowest BCUT2D eigenvalue weighted by Gasteiger charge is -2.35. The van der Waals surface area contributed by atoms with Gasteiger partial charge in [-0.3, -0.25) is 0 Å². The summed E-state index contributed by atoms with van der Waals surface area (Å²) in [6, 6.07) is 33.5. The van der Waals surface area contributed by atoms with Gasteiger partial charge in [-0.1, -0.05) is 136 Å². The summed E-state index contributed by atoms with van der Waals surface area (Å²) < 4.78 is 0. The van der Waals surface area contributed by atoms with E-state index in [2.05, 4.69) is 96.7 Å². The van der Waals surface area contributed by atoms with E-state index in [1.165, 1.54) is 80.9 Å². The topological polar surface area (TPSA) is 27.6 Å². The monoisotopic (exact) mass is 535 g/mol. The zero-order valence-corrected chi connectivity index (χ0v) is 23.2. The van der Waals surface area contributed by atoms with Crippen LogP contribution in [0.25, 0.3) is 0 Å². The second kappa shape index (κ2) is 17.5.